The van der Waals surface area contributed by atoms with Crippen LogP contribution in [-0.4, -0.2) is 13.6 Å². The Morgan fingerprint density at radius 3 is 2.53 bits per heavy atom. The molecule has 0 fully saturated rings. The Balaban J connectivity index is 0.00000256. The molecule has 1 nitrogen and oxygen atoms in total. The number of hydrogen-bond acceptors (Lipinski definition) is 1. The van der Waals surface area contributed by atoms with E-state index in [1.807, 2.05) is 6.07 Å². The summed E-state index contributed by atoms with van der Waals surface area (Å²) in [6.07, 6.45) is 0. The van der Waals surface area contributed by atoms with Crippen LogP contribution in [0.5, 0.6) is 0 Å². The van der Waals surface area contributed by atoms with Crippen LogP contribution in [0.2, 0.25) is 0 Å². The molecule has 0 radical (unpaired) electrons. The van der Waals surface area contributed by atoms with Gasteiger partial charge in [0.25, 0.3) is 0 Å². The van der Waals surface area contributed by atoms with E-state index in [0.29, 0.717) is 0 Å². The van der Waals surface area contributed by atoms with Crippen LogP contribution in [0.3, 0.4) is 0 Å². The Labute approximate surface area is 149 Å². The van der Waals surface area contributed by atoms with Gasteiger partial charge < -0.3 is 17.7 Å². The molecule has 0 aliphatic rings. The van der Waals surface area contributed by atoms with Gasteiger partial charge >= 0.3 is 58.4 Å². The van der Waals surface area contributed by atoms with Crippen molar-refractivity contribution in [3.05, 3.63) is 46.4 Å². The van der Waals surface area contributed by atoms with Gasteiger partial charge in [-0.1, -0.05) is 28.1 Å². The summed E-state index contributed by atoms with van der Waals surface area (Å²) in [5.41, 5.74) is 0.00634. The van der Waals surface area contributed by atoms with Crippen LogP contribution < -0.4 is 51.4 Å². The number of benzene rings is 1. The SMILES string of the molecule is C=C(COCc1cccc(Br)c1)[B-](F)(F)F.[K+]. The summed E-state index contributed by atoms with van der Waals surface area (Å²) in [4.78, 5) is 0. The van der Waals surface area contributed by atoms with E-state index in [-0.39, 0.29) is 58.0 Å². The van der Waals surface area contributed by atoms with Crippen LogP contribution in [0, 0.1) is 0 Å². The van der Waals surface area contributed by atoms with Gasteiger partial charge in [0.15, 0.2) is 0 Å². The third-order valence-electron chi connectivity index (χ3n) is 1.91. The Morgan fingerprint density at radius 1 is 1.35 bits per heavy atom. The quantitative estimate of drug-likeness (QED) is 0.728. The predicted molar refractivity (Wildman–Crippen MR) is 62.0 cm³/mol. The van der Waals surface area contributed by atoms with E-state index in [9.17, 15) is 12.9 Å². The molecule has 1 aromatic carbocycles. The minimum atomic E-state index is -4.99. The normalized spacial score (nSPS) is 10.8. The van der Waals surface area contributed by atoms with Crippen LogP contribution in [-0.2, 0) is 11.3 Å². The molecule has 0 saturated carbocycles. The first-order valence-electron chi connectivity index (χ1n) is 4.59. The van der Waals surface area contributed by atoms with E-state index in [0.717, 1.165) is 10.0 Å². The summed E-state index contributed by atoms with van der Waals surface area (Å²) in [5.74, 6) is 0. The third kappa shape index (κ3) is 7.15. The minimum absolute atomic E-state index is 0. The minimum Gasteiger partial charge on any atom is -0.445 e. The first kappa shape index (κ1) is 17.9. The van der Waals surface area contributed by atoms with E-state index in [2.05, 4.69) is 22.5 Å². The molecule has 7 heteroatoms. The predicted octanol–water partition coefficient (Wildman–Crippen LogP) is 0.912. The van der Waals surface area contributed by atoms with E-state index in [1.54, 1.807) is 18.2 Å². The van der Waals surface area contributed by atoms with Gasteiger partial charge in [0.1, 0.15) is 0 Å². The van der Waals surface area contributed by atoms with Crippen LogP contribution in [0.25, 0.3) is 0 Å². The van der Waals surface area contributed by atoms with Crippen LogP contribution in [0.1, 0.15) is 5.56 Å². The van der Waals surface area contributed by atoms with Gasteiger partial charge in [0, 0.05) is 11.1 Å². The Kier molecular flexibility index (Phi) is 8.57. The zero-order valence-corrected chi connectivity index (χ0v) is 14.1. The summed E-state index contributed by atoms with van der Waals surface area (Å²) >= 11 is 3.26. The maximum absolute atomic E-state index is 12.1. The molecule has 0 atom stereocenters. The largest absolute Gasteiger partial charge is 1.00 e. The maximum atomic E-state index is 12.1. The van der Waals surface area contributed by atoms with Crippen LogP contribution >= 0.6 is 15.9 Å². The molecule has 1 aromatic rings. The molecule has 0 aromatic heterocycles. The van der Waals surface area contributed by atoms with Gasteiger partial charge in [-0.25, -0.2) is 0 Å². The van der Waals surface area contributed by atoms with Gasteiger partial charge in [-0.2, -0.15) is 0 Å². The van der Waals surface area contributed by atoms with E-state index < -0.39 is 19.1 Å². The van der Waals surface area contributed by atoms with E-state index in [1.165, 1.54) is 0 Å². The van der Waals surface area contributed by atoms with Crippen molar-refractivity contribution in [1.29, 1.82) is 0 Å². The fraction of sp³-hybridized carbons (Fsp3) is 0.200. The number of ether oxygens (including phenoxy) is 1. The monoisotopic (exact) mass is 332 g/mol. The molecule has 0 spiro atoms. The Morgan fingerprint density at radius 2 is 2.00 bits per heavy atom. The summed E-state index contributed by atoms with van der Waals surface area (Å²) < 4.78 is 42.1. The van der Waals surface area contributed by atoms with Gasteiger partial charge in [0.05, 0.1) is 6.61 Å². The molecule has 0 heterocycles. The summed E-state index contributed by atoms with van der Waals surface area (Å²) in [7, 11) is 0. The van der Waals surface area contributed by atoms with Gasteiger partial charge in [-0.05, 0) is 17.7 Å². The molecule has 0 N–H and O–H groups in total. The molecule has 17 heavy (non-hydrogen) atoms. The first-order chi connectivity index (χ1) is 7.39. The van der Waals surface area contributed by atoms with Crippen molar-refractivity contribution >= 4 is 22.9 Å². The summed E-state index contributed by atoms with van der Waals surface area (Å²) in [5, 5.41) is 0. The Hall–Kier alpha value is 0.891. The average molecular weight is 333 g/mol. The van der Waals surface area contributed by atoms with Crippen molar-refractivity contribution in [2.45, 2.75) is 6.61 Å². The molecule has 0 bridgehead atoms. The fourth-order valence-corrected chi connectivity index (χ4v) is 1.47. The Bertz CT molecular complexity index is 384. The topological polar surface area (TPSA) is 9.23 Å². The zero-order valence-electron chi connectivity index (χ0n) is 9.43. The summed E-state index contributed by atoms with van der Waals surface area (Å²) in [6.45, 7) is -2.38. The second kappa shape index (κ2) is 8.14. The van der Waals surface area contributed by atoms with E-state index in [4.69, 9.17) is 4.74 Å². The van der Waals surface area contributed by atoms with Gasteiger partial charge in [-0.3, -0.25) is 0 Å². The zero-order chi connectivity index (χ0) is 12.2. The number of rotatable bonds is 5. The van der Waals surface area contributed by atoms with Crippen molar-refractivity contribution in [1.82, 2.24) is 0 Å². The molecule has 88 valence electrons. The maximum Gasteiger partial charge on any atom is 1.00 e. The van der Waals surface area contributed by atoms with Crippen molar-refractivity contribution < 1.29 is 69.1 Å². The van der Waals surface area contributed by atoms with Gasteiger partial charge in [0.2, 0.25) is 0 Å². The van der Waals surface area contributed by atoms with Crippen LogP contribution in [0.15, 0.2) is 40.8 Å². The molecular formula is C10H10BBrF3KO. The molecule has 0 saturated heterocycles. The number of halogens is 4. The molecule has 0 aliphatic heterocycles. The van der Waals surface area contributed by atoms with Gasteiger partial charge in [-0.15, -0.1) is 12.1 Å². The van der Waals surface area contributed by atoms with Crippen molar-refractivity contribution in [3.63, 3.8) is 0 Å². The molecule has 0 amide bonds. The van der Waals surface area contributed by atoms with Crippen LogP contribution in [0.4, 0.5) is 12.9 Å². The molecular weight excluding hydrogens is 323 g/mol. The van der Waals surface area contributed by atoms with Crippen molar-refractivity contribution in [3.8, 4) is 0 Å². The van der Waals surface area contributed by atoms with Crippen molar-refractivity contribution in [2.24, 2.45) is 0 Å². The third-order valence-corrected chi connectivity index (χ3v) is 2.40. The smallest absolute Gasteiger partial charge is 0.445 e. The first-order valence-corrected chi connectivity index (χ1v) is 5.38. The van der Waals surface area contributed by atoms with Crippen molar-refractivity contribution in [2.75, 3.05) is 6.61 Å². The molecule has 0 unspecified atom stereocenters. The molecule has 0 aliphatic carbocycles. The average Bonchev–Trinajstić information content (AvgIpc) is 2.16. The fourth-order valence-electron chi connectivity index (χ4n) is 1.02. The van der Waals surface area contributed by atoms with E-state index >= 15 is 0 Å². The second-order valence-electron chi connectivity index (χ2n) is 3.36. The second-order valence-corrected chi connectivity index (χ2v) is 4.27. The standard InChI is InChI=1S/C10H10BBrF3O.K/c1-8(11(13,14)15)6-16-7-9-3-2-4-10(12)5-9;/h2-5H,1,6-7H2;/q-1;+1. The summed E-state index contributed by atoms with van der Waals surface area (Å²) in [6, 6.07) is 7.21. The molecule has 1 rings (SSSR count). The number of hydrogen-bond donors (Lipinski definition) is 0.